The standard InChI is InChI=1S/C15H19N3O2S/c19-14-6-5-11-3-1-2-4-13(11)18(14)8-7-16-15(20)12-9-21-10-17-12/h1-4,12,17H,5-10H2,(H,16,20). The van der Waals surface area contributed by atoms with Crippen molar-refractivity contribution in [2.24, 2.45) is 0 Å². The molecule has 1 fully saturated rings. The van der Waals surface area contributed by atoms with Crippen LogP contribution in [0.25, 0.3) is 0 Å². The molecule has 0 spiro atoms. The first-order chi connectivity index (χ1) is 10.3. The van der Waals surface area contributed by atoms with Gasteiger partial charge in [0.25, 0.3) is 0 Å². The minimum Gasteiger partial charge on any atom is -0.353 e. The lowest BCUT2D eigenvalue weighted by molar-refractivity contribution is -0.123. The van der Waals surface area contributed by atoms with Crippen molar-refractivity contribution in [3.8, 4) is 0 Å². The summed E-state index contributed by atoms with van der Waals surface area (Å²) >= 11 is 1.73. The van der Waals surface area contributed by atoms with E-state index in [2.05, 4.69) is 16.7 Å². The molecule has 0 radical (unpaired) electrons. The maximum atomic E-state index is 12.1. The summed E-state index contributed by atoms with van der Waals surface area (Å²) in [4.78, 5) is 25.8. The Bertz CT molecular complexity index is 543. The fraction of sp³-hybridized carbons (Fsp3) is 0.467. The normalized spacial score (nSPS) is 21.2. The zero-order valence-electron chi connectivity index (χ0n) is 11.8. The molecule has 6 heteroatoms. The van der Waals surface area contributed by atoms with E-state index in [-0.39, 0.29) is 17.9 Å². The summed E-state index contributed by atoms with van der Waals surface area (Å²) in [6.07, 6.45) is 1.35. The van der Waals surface area contributed by atoms with E-state index in [1.54, 1.807) is 16.7 Å². The van der Waals surface area contributed by atoms with Crippen molar-refractivity contribution in [2.75, 3.05) is 29.6 Å². The highest BCUT2D eigenvalue weighted by Crippen LogP contribution is 2.26. The fourth-order valence-corrected chi connectivity index (χ4v) is 3.66. The number of thioether (sulfide) groups is 1. The summed E-state index contributed by atoms with van der Waals surface area (Å²) in [5, 5.41) is 6.05. The van der Waals surface area contributed by atoms with Crippen LogP contribution in [0.2, 0.25) is 0 Å². The highest BCUT2D eigenvalue weighted by Gasteiger charge is 2.25. The number of aryl methyl sites for hydroxylation is 1. The van der Waals surface area contributed by atoms with Gasteiger partial charge in [0, 0.05) is 36.8 Å². The molecule has 1 unspecified atom stereocenters. The summed E-state index contributed by atoms with van der Waals surface area (Å²) in [5.41, 5.74) is 2.19. The SMILES string of the molecule is O=C(NCCN1C(=O)CCc2ccccc21)C1CSCN1. The molecular weight excluding hydrogens is 286 g/mol. The number of fused-ring (bicyclic) bond motifs is 1. The maximum Gasteiger partial charge on any atom is 0.238 e. The third kappa shape index (κ3) is 3.22. The van der Waals surface area contributed by atoms with Crippen molar-refractivity contribution in [3.63, 3.8) is 0 Å². The molecule has 1 saturated heterocycles. The number of rotatable bonds is 4. The quantitative estimate of drug-likeness (QED) is 0.861. The Kier molecular flexibility index (Phi) is 4.45. The molecule has 2 amide bonds. The summed E-state index contributed by atoms with van der Waals surface area (Å²) in [6, 6.07) is 7.89. The van der Waals surface area contributed by atoms with E-state index < -0.39 is 0 Å². The van der Waals surface area contributed by atoms with Gasteiger partial charge in [-0.25, -0.2) is 0 Å². The zero-order valence-corrected chi connectivity index (χ0v) is 12.6. The maximum absolute atomic E-state index is 12.1. The molecule has 2 heterocycles. The van der Waals surface area contributed by atoms with Crippen molar-refractivity contribution in [1.29, 1.82) is 0 Å². The van der Waals surface area contributed by atoms with Gasteiger partial charge in [-0.2, -0.15) is 0 Å². The predicted molar refractivity (Wildman–Crippen MR) is 84.4 cm³/mol. The van der Waals surface area contributed by atoms with Gasteiger partial charge < -0.3 is 10.2 Å². The van der Waals surface area contributed by atoms with Crippen molar-refractivity contribution < 1.29 is 9.59 Å². The lowest BCUT2D eigenvalue weighted by Crippen LogP contribution is -2.46. The third-order valence-corrected chi connectivity index (χ3v) is 4.80. The average molecular weight is 305 g/mol. The first kappa shape index (κ1) is 14.4. The van der Waals surface area contributed by atoms with Crippen LogP contribution < -0.4 is 15.5 Å². The van der Waals surface area contributed by atoms with Crippen LogP contribution in [0.5, 0.6) is 0 Å². The van der Waals surface area contributed by atoms with Gasteiger partial charge in [-0.3, -0.25) is 14.9 Å². The predicted octanol–water partition coefficient (Wildman–Crippen LogP) is 0.744. The monoisotopic (exact) mass is 305 g/mol. The third-order valence-electron chi connectivity index (χ3n) is 3.86. The first-order valence-corrected chi connectivity index (χ1v) is 8.38. The minimum atomic E-state index is -0.0978. The molecule has 21 heavy (non-hydrogen) atoms. The lowest BCUT2D eigenvalue weighted by Gasteiger charge is -2.29. The van der Waals surface area contributed by atoms with Gasteiger partial charge in [-0.15, -0.1) is 11.8 Å². The van der Waals surface area contributed by atoms with Crippen LogP contribution in [0.3, 0.4) is 0 Å². The van der Waals surface area contributed by atoms with Crippen LogP contribution in [-0.4, -0.2) is 42.6 Å². The van der Waals surface area contributed by atoms with Gasteiger partial charge in [0.1, 0.15) is 0 Å². The Balaban J connectivity index is 1.57. The second-order valence-electron chi connectivity index (χ2n) is 5.24. The van der Waals surface area contributed by atoms with E-state index in [1.165, 1.54) is 5.56 Å². The zero-order chi connectivity index (χ0) is 14.7. The molecule has 0 bridgehead atoms. The lowest BCUT2D eigenvalue weighted by atomic mass is 10.0. The summed E-state index contributed by atoms with van der Waals surface area (Å²) in [7, 11) is 0. The van der Waals surface area contributed by atoms with Gasteiger partial charge in [-0.05, 0) is 18.1 Å². The van der Waals surface area contributed by atoms with Crippen molar-refractivity contribution >= 4 is 29.3 Å². The van der Waals surface area contributed by atoms with E-state index in [0.29, 0.717) is 19.5 Å². The number of carbonyl (C=O) groups is 2. The Morgan fingerprint density at radius 2 is 2.24 bits per heavy atom. The highest BCUT2D eigenvalue weighted by molar-refractivity contribution is 7.99. The van der Waals surface area contributed by atoms with E-state index in [1.807, 2.05) is 18.2 Å². The molecule has 0 saturated carbocycles. The van der Waals surface area contributed by atoms with Gasteiger partial charge in [0.05, 0.1) is 6.04 Å². The molecular formula is C15H19N3O2S. The summed E-state index contributed by atoms with van der Waals surface area (Å²) in [6.45, 7) is 1.02. The molecule has 2 N–H and O–H groups in total. The number of amides is 2. The van der Waals surface area contributed by atoms with Gasteiger partial charge in [-0.1, -0.05) is 18.2 Å². The Hall–Kier alpha value is -1.53. The molecule has 1 atom stereocenters. The number of benzene rings is 1. The topological polar surface area (TPSA) is 61.4 Å². The van der Waals surface area contributed by atoms with Crippen LogP contribution in [0.1, 0.15) is 12.0 Å². The van der Waals surface area contributed by atoms with E-state index in [0.717, 1.165) is 23.7 Å². The van der Waals surface area contributed by atoms with Crippen LogP contribution in [-0.2, 0) is 16.0 Å². The largest absolute Gasteiger partial charge is 0.353 e. The molecule has 0 aromatic heterocycles. The van der Waals surface area contributed by atoms with E-state index in [9.17, 15) is 9.59 Å². The minimum absolute atomic E-state index is 0.0257. The Morgan fingerprint density at radius 3 is 3.05 bits per heavy atom. The Morgan fingerprint density at radius 1 is 1.38 bits per heavy atom. The number of carbonyl (C=O) groups excluding carboxylic acids is 2. The average Bonchev–Trinajstić information content (AvgIpc) is 3.04. The van der Waals surface area contributed by atoms with E-state index >= 15 is 0 Å². The van der Waals surface area contributed by atoms with Gasteiger partial charge in [0.15, 0.2) is 0 Å². The molecule has 2 aliphatic rings. The fourth-order valence-electron chi connectivity index (χ4n) is 2.72. The van der Waals surface area contributed by atoms with Crippen LogP contribution >= 0.6 is 11.8 Å². The van der Waals surface area contributed by atoms with Gasteiger partial charge >= 0.3 is 0 Å². The molecule has 112 valence electrons. The van der Waals surface area contributed by atoms with Crippen LogP contribution in [0, 0.1) is 0 Å². The molecule has 0 aliphatic carbocycles. The van der Waals surface area contributed by atoms with Crippen molar-refractivity contribution in [1.82, 2.24) is 10.6 Å². The number of hydrogen-bond donors (Lipinski definition) is 2. The van der Waals surface area contributed by atoms with Crippen molar-refractivity contribution in [3.05, 3.63) is 29.8 Å². The number of nitrogens with one attached hydrogen (secondary N) is 2. The first-order valence-electron chi connectivity index (χ1n) is 7.23. The number of anilines is 1. The van der Waals surface area contributed by atoms with E-state index in [4.69, 9.17) is 0 Å². The molecule has 1 aromatic carbocycles. The highest BCUT2D eigenvalue weighted by atomic mass is 32.2. The molecule has 2 aliphatic heterocycles. The smallest absolute Gasteiger partial charge is 0.238 e. The van der Waals surface area contributed by atoms with Crippen LogP contribution in [0.15, 0.2) is 24.3 Å². The summed E-state index contributed by atoms with van der Waals surface area (Å²) in [5.74, 6) is 1.81. The van der Waals surface area contributed by atoms with Crippen molar-refractivity contribution in [2.45, 2.75) is 18.9 Å². The second-order valence-corrected chi connectivity index (χ2v) is 6.27. The molecule has 3 rings (SSSR count). The number of para-hydroxylation sites is 1. The molecule has 5 nitrogen and oxygen atoms in total. The Labute approximate surface area is 128 Å². The molecule has 1 aromatic rings. The summed E-state index contributed by atoms with van der Waals surface area (Å²) < 4.78 is 0. The van der Waals surface area contributed by atoms with Gasteiger partial charge in [0.2, 0.25) is 11.8 Å². The van der Waals surface area contributed by atoms with Crippen LogP contribution in [0.4, 0.5) is 5.69 Å². The number of nitrogens with zero attached hydrogens (tertiary/aromatic N) is 1. The second kappa shape index (κ2) is 6.49. The number of hydrogen-bond acceptors (Lipinski definition) is 4.